The monoisotopic (exact) mass is 388 g/mol. The third-order valence-electron chi connectivity index (χ3n) is 3.55. The van der Waals surface area contributed by atoms with Gasteiger partial charge in [0, 0.05) is 18.4 Å². The topological polar surface area (TPSA) is 94.6 Å². The summed E-state index contributed by atoms with van der Waals surface area (Å²) < 4.78 is 10.0. The number of amides is 1. The Morgan fingerprint density at radius 3 is 2.56 bits per heavy atom. The van der Waals surface area contributed by atoms with Gasteiger partial charge >= 0.3 is 5.97 Å². The number of aryl methyl sites for hydroxylation is 1. The first-order valence-corrected chi connectivity index (χ1v) is 8.98. The van der Waals surface area contributed by atoms with Crippen molar-refractivity contribution in [1.29, 1.82) is 0 Å². The maximum absolute atomic E-state index is 12.1. The number of hydrogen-bond acceptors (Lipinski definition) is 7. The van der Waals surface area contributed by atoms with E-state index in [0.717, 1.165) is 11.3 Å². The van der Waals surface area contributed by atoms with Gasteiger partial charge < -0.3 is 14.8 Å². The molecule has 27 heavy (non-hydrogen) atoms. The first-order chi connectivity index (χ1) is 12.9. The van der Waals surface area contributed by atoms with Crippen molar-refractivity contribution >= 4 is 34.1 Å². The van der Waals surface area contributed by atoms with Gasteiger partial charge in [0.15, 0.2) is 10.9 Å². The number of carbonyl (C=O) groups is 3. The smallest absolute Gasteiger partial charge is 0.350 e. The molecule has 0 aliphatic heterocycles. The molecule has 0 aliphatic carbocycles. The number of aromatic nitrogens is 1. The van der Waals surface area contributed by atoms with Crippen LogP contribution in [-0.2, 0) is 9.53 Å². The summed E-state index contributed by atoms with van der Waals surface area (Å²) in [5, 5.41) is 2.90. The lowest BCUT2D eigenvalue weighted by Crippen LogP contribution is -2.13. The summed E-state index contributed by atoms with van der Waals surface area (Å²) in [6.45, 7) is 5.24. The largest absolute Gasteiger partial charge is 0.497 e. The van der Waals surface area contributed by atoms with Crippen molar-refractivity contribution in [3.05, 3.63) is 53.1 Å². The molecule has 0 aliphatic rings. The van der Waals surface area contributed by atoms with E-state index >= 15 is 0 Å². The van der Waals surface area contributed by atoms with Crippen LogP contribution in [0.2, 0.25) is 0 Å². The number of hydrogen-bond donors (Lipinski definition) is 1. The van der Waals surface area contributed by atoms with Gasteiger partial charge in [0.2, 0.25) is 5.91 Å². The van der Waals surface area contributed by atoms with Gasteiger partial charge in [0.25, 0.3) is 0 Å². The van der Waals surface area contributed by atoms with Crippen LogP contribution in [0.1, 0.15) is 38.6 Å². The van der Waals surface area contributed by atoms with Gasteiger partial charge in [-0.3, -0.25) is 9.59 Å². The zero-order chi connectivity index (χ0) is 19.8. The Hall–Kier alpha value is -3.00. The molecule has 142 valence electrons. The first kappa shape index (κ1) is 20.3. The summed E-state index contributed by atoms with van der Waals surface area (Å²) in [6.07, 6.45) is 1.55. The molecule has 2 rings (SSSR count). The van der Waals surface area contributed by atoms with Crippen molar-refractivity contribution in [2.45, 2.75) is 19.8 Å². The number of thiazole rings is 1. The number of rotatable bonds is 9. The average molecular weight is 388 g/mol. The highest BCUT2D eigenvalue weighted by Crippen LogP contribution is 2.23. The first-order valence-electron chi connectivity index (χ1n) is 8.17. The Labute approximate surface area is 161 Å². The molecule has 1 amide bonds. The second-order valence-corrected chi connectivity index (χ2v) is 6.52. The molecule has 8 heteroatoms. The fourth-order valence-electron chi connectivity index (χ4n) is 2.17. The van der Waals surface area contributed by atoms with Crippen LogP contribution < -0.4 is 10.1 Å². The van der Waals surface area contributed by atoms with Gasteiger partial charge in [-0.1, -0.05) is 24.0 Å². The third kappa shape index (κ3) is 5.75. The zero-order valence-electron chi connectivity index (χ0n) is 15.1. The maximum Gasteiger partial charge on any atom is 0.350 e. The molecule has 0 atom stereocenters. The van der Waals surface area contributed by atoms with Gasteiger partial charge in [0.1, 0.15) is 17.2 Å². The van der Waals surface area contributed by atoms with E-state index < -0.39 is 5.97 Å². The predicted octanol–water partition coefficient (Wildman–Crippen LogP) is 3.40. The number of nitrogens with one attached hydrogen (secondary N) is 1. The standard InChI is InChI=1S/C19H20N2O5S/c1-4-11-26-18(24)17-12(2)20-19(27-17)21-16(23)10-9-15(22)13-5-7-14(25-3)8-6-13/h4-8H,1,9-11H2,2-3H3,(H,20,21,23). The fraction of sp³-hybridized carbons (Fsp3) is 0.263. The zero-order valence-corrected chi connectivity index (χ0v) is 15.9. The van der Waals surface area contributed by atoms with E-state index in [4.69, 9.17) is 9.47 Å². The van der Waals surface area contributed by atoms with Crippen molar-refractivity contribution in [1.82, 2.24) is 4.98 Å². The summed E-state index contributed by atoms with van der Waals surface area (Å²) in [4.78, 5) is 40.6. The summed E-state index contributed by atoms with van der Waals surface area (Å²) in [7, 11) is 1.55. The number of Topliss-reactive ketones (excluding diaryl/α,β-unsaturated/α-hetero) is 1. The van der Waals surface area contributed by atoms with Crippen molar-refractivity contribution < 1.29 is 23.9 Å². The van der Waals surface area contributed by atoms with Gasteiger partial charge in [-0.05, 0) is 31.2 Å². The minimum absolute atomic E-state index is 0.0136. The van der Waals surface area contributed by atoms with Crippen LogP contribution in [0.25, 0.3) is 0 Å². The van der Waals surface area contributed by atoms with E-state index in [9.17, 15) is 14.4 Å². The summed E-state index contributed by atoms with van der Waals surface area (Å²) in [5.74, 6) is -0.348. The number of benzene rings is 1. The van der Waals surface area contributed by atoms with Crippen molar-refractivity contribution in [2.24, 2.45) is 0 Å². The molecule has 0 unspecified atom stereocenters. The number of anilines is 1. The van der Waals surface area contributed by atoms with Gasteiger partial charge in [-0.15, -0.1) is 0 Å². The molecule has 0 fully saturated rings. The van der Waals surface area contributed by atoms with Gasteiger partial charge in [0.05, 0.1) is 12.8 Å². The molecule has 0 bridgehead atoms. The number of ketones is 1. The Morgan fingerprint density at radius 2 is 1.93 bits per heavy atom. The number of ether oxygens (including phenoxy) is 2. The molecular formula is C19H20N2O5S. The minimum atomic E-state index is -0.514. The lowest BCUT2D eigenvalue weighted by atomic mass is 10.1. The molecular weight excluding hydrogens is 368 g/mol. The second kappa shape index (κ2) is 9.63. The van der Waals surface area contributed by atoms with Crippen LogP contribution in [0, 0.1) is 6.92 Å². The van der Waals surface area contributed by atoms with E-state index in [-0.39, 0.29) is 31.1 Å². The van der Waals surface area contributed by atoms with Gasteiger partial charge in [-0.25, -0.2) is 9.78 Å². The maximum atomic E-state index is 12.1. The van der Waals surface area contributed by atoms with Crippen molar-refractivity contribution in [3.63, 3.8) is 0 Å². The van der Waals surface area contributed by atoms with Crippen molar-refractivity contribution in [2.75, 3.05) is 19.0 Å². The quantitative estimate of drug-likeness (QED) is 0.402. The minimum Gasteiger partial charge on any atom is -0.497 e. The van der Waals surface area contributed by atoms with E-state index in [1.807, 2.05) is 0 Å². The predicted molar refractivity (Wildman–Crippen MR) is 103 cm³/mol. The lowest BCUT2D eigenvalue weighted by molar-refractivity contribution is -0.116. The number of esters is 1. The van der Waals surface area contributed by atoms with E-state index in [1.165, 1.54) is 6.08 Å². The molecule has 1 aromatic heterocycles. The van der Waals surface area contributed by atoms with Crippen LogP contribution in [0.3, 0.4) is 0 Å². The highest BCUT2D eigenvalue weighted by Gasteiger charge is 2.18. The average Bonchev–Trinajstić information content (AvgIpc) is 3.04. The van der Waals surface area contributed by atoms with E-state index in [0.29, 0.717) is 27.0 Å². The molecule has 0 saturated heterocycles. The lowest BCUT2D eigenvalue weighted by Gasteiger charge is -2.03. The van der Waals surface area contributed by atoms with Crippen LogP contribution in [0.4, 0.5) is 5.13 Å². The molecule has 1 aromatic carbocycles. The Morgan fingerprint density at radius 1 is 1.22 bits per heavy atom. The highest BCUT2D eigenvalue weighted by atomic mass is 32.1. The molecule has 0 radical (unpaired) electrons. The molecule has 1 heterocycles. The fourth-order valence-corrected chi connectivity index (χ4v) is 3.05. The van der Waals surface area contributed by atoms with Crippen molar-refractivity contribution in [3.8, 4) is 5.75 Å². The molecule has 0 spiro atoms. The molecule has 7 nitrogen and oxygen atoms in total. The summed E-state index contributed by atoms with van der Waals surface area (Å²) >= 11 is 1.03. The number of carbonyl (C=O) groups excluding carboxylic acids is 3. The van der Waals surface area contributed by atoms with E-state index in [2.05, 4.69) is 16.9 Å². The van der Waals surface area contributed by atoms with Gasteiger partial charge in [-0.2, -0.15) is 0 Å². The number of methoxy groups -OCH3 is 1. The third-order valence-corrected chi connectivity index (χ3v) is 4.60. The van der Waals surface area contributed by atoms with E-state index in [1.54, 1.807) is 38.3 Å². The normalized spacial score (nSPS) is 10.1. The molecule has 2 aromatic rings. The Kier molecular flexibility index (Phi) is 7.25. The highest BCUT2D eigenvalue weighted by molar-refractivity contribution is 7.17. The number of nitrogens with zero attached hydrogens (tertiary/aromatic N) is 1. The van der Waals surface area contributed by atoms with Crippen LogP contribution >= 0.6 is 11.3 Å². The molecule has 1 N–H and O–H groups in total. The van der Waals surface area contributed by atoms with Crippen LogP contribution in [-0.4, -0.2) is 36.4 Å². The van der Waals surface area contributed by atoms with Crippen LogP contribution in [0.5, 0.6) is 5.75 Å². The summed E-state index contributed by atoms with van der Waals surface area (Å²) in [6, 6.07) is 6.70. The summed E-state index contributed by atoms with van der Waals surface area (Å²) in [5.41, 5.74) is 0.986. The SMILES string of the molecule is C=CCOC(=O)c1sc(NC(=O)CCC(=O)c2ccc(OC)cc2)nc1C. The Bertz CT molecular complexity index is 842. The second-order valence-electron chi connectivity index (χ2n) is 5.52. The Balaban J connectivity index is 1.89. The molecule has 0 saturated carbocycles. The van der Waals surface area contributed by atoms with Crippen LogP contribution in [0.15, 0.2) is 36.9 Å².